The molecule has 0 spiro atoms. The van der Waals surface area contributed by atoms with Crippen LogP contribution in [0.1, 0.15) is 29.6 Å². The van der Waals surface area contributed by atoms with Crippen molar-refractivity contribution >= 4 is 11.6 Å². The predicted molar refractivity (Wildman–Crippen MR) is 102 cm³/mol. The lowest BCUT2D eigenvalue weighted by Gasteiger charge is -2.11. The standard InChI is InChI=1S/C20H21ClN4O/c1-12-8-15(9-13(2)23-12)20-17-5-7-26-14(3)10-18(17)25(24-20)16-4-6-22-19(21)11-16/h4,6,8-9,11,14H,5,7,10H2,1-3H3/t14-/m1/s1. The molecule has 0 radical (unpaired) electrons. The predicted octanol–water partition coefficient (Wildman–Crippen LogP) is 4.10. The molecule has 0 fully saturated rings. The number of nitrogens with zero attached hydrogens (tertiary/aromatic N) is 4. The van der Waals surface area contributed by atoms with Crippen LogP contribution in [0.3, 0.4) is 0 Å². The maximum atomic E-state index is 6.12. The van der Waals surface area contributed by atoms with Gasteiger partial charge in [-0.15, -0.1) is 0 Å². The van der Waals surface area contributed by atoms with Gasteiger partial charge in [0, 0.05) is 41.2 Å². The highest BCUT2D eigenvalue weighted by Crippen LogP contribution is 2.31. The average Bonchev–Trinajstić information content (AvgIpc) is 2.81. The summed E-state index contributed by atoms with van der Waals surface area (Å²) < 4.78 is 7.90. The Labute approximate surface area is 158 Å². The Morgan fingerprint density at radius 1 is 1.19 bits per heavy atom. The fraction of sp³-hybridized carbons (Fsp3) is 0.350. The van der Waals surface area contributed by atoms with E-state index in [9.17, 15) is 0 Å². The zero-order chi connectivity index (χ0) is 18.3. The molecule has 0 aliphatic carbocycles. The fourth-order valence-electron chi connectivity index (χ4n) is 3.59. The van der Waals surface area contributed by atoms with Crippen LogP contribution in [0.4, 0.5) is 0 Å². The Kier molecular flexibility index (Phi) is 4.51. The number of fused-ring (bicyclic) bond motifs is 1. The van der Waals surface area contributed by atoms with Crippen molar-refractivity contribution in [2.24, 2.45) is 0 Å². The Morgan fingerprint density at radius 3 is 2.69 bits per heavy atom. The maximum absolute atomic E-state index is 6.12. The number of halogens is 1. The SMILES string of the molecule is Cc1cc(-c2nn(-c3ccnc(Cl)c3)c3c2CCO[C@H](C)C3)cc(C)n1. The molecule has 0 saturated heterocycles. The summed E-state index contributed by atoms with van der Waals surface area (Å²) in [6, 6.07) is 7.96. The van der Waals surface area contributed by atoms with Crippen LogP contribution in [0.15, 0.2) is 30.5 Å². The van der Waals surface area contributed by atoms with Gasteiger partial charge in [-0.3, -0.25) is 4.98 Å². The van der Waals surface area contributed by atoms with Crippen molar-refractivity contribution in [3.63, 3.8) is 0 Å². The lowest BCUT2D eigenvalue weighted by atomic mass is 10.0. The third-order valence-corrected chi connectivity index (χ3v) is 4.84. The van der Waals surface area contributed by atoms with Gasteiger partial charge >= 0.3 is 0 Å². The Balaban J connectivity index is 1.94. The van der Waals surface area contributed by atoms with E-state index in [0.717, 1.165) is 41.2 Å². The molecular weight excluding hydrogens is 348 g/mol. The molecule has 0 aromatic carbocycles. The van der Waals surface area contributed by atoms with E-state index in [2.05, 4.69) is 29.0 Å². The molecule has 0 saturated carbocycles. The van der Waals surface area contributed by atoms with E-state index in [-0.39, 0.29) is 6.10 Å². The summed E-state index contributed by atoms with van der Waals surface area (Å²) in [5, 5.41) is 5.44. The number of pyridine rings is 2. The summed E-state index contributed by atoms with van der Waals surface area (Å²) in [6.45, 7) is 6.83. The first-order valence-corrected chi connectivity index (χ1v) is 9.19. The summed E-state index contributed by atoms with van der Waals surface area (Å²) in [5.41, 5.74) is 7.43. The second-order valence-electron chi connectivity index (χ2n) is 6.80. The van der Waals surface area contributed by atoms with Gasteiger partial charge in [0.25, 0.3) is 0 Å². The normalized spacial score (nSPS) is 17.0. The largest absolute Gasteiger partial charge is 0.378 e. The Bertz CT molecular complexity index is 946. The Hall–Kier alpha value is -2.24. The van der Waals surface area contributed by atoms with Crippen molar-refractivity contribution in [1.82, 2.24) is 19.7 Å². The average molecular weight is 369 g/mol. The fourth-order valence-corrected chi connectivity index (χ4v) is 3.76. The van der Waals surface area contributed by atoms with Crippen molar-refractivity contribution in [3.8, 4) is 16.9 Å². The third-order valence-electron chi connectivity index (χ3n) is 4.63. The smallest absolute Gasteiger partial charge is 0.131 e. The van der Waals surface area contributed by atoms with Crippen molar-refractivity contribution in [1.29, 1.82) is 0 Å². The summed E-state index contributed by atoms with van der Waals surface area (Å²) in [5.74, 6) is 0. The number of rotatable bonds is 2. The van der Waals surface area contributed by atoms with Gasteiger partial charge in [-0.1, -0.05) is 11.6 Å². The molecule has 134 valence electrons. The van der Waals surface area contributed by atoms with Crippen molar-refractivity contribution in [3.05, 3.63) is 58.3 Å². The number of hydrogen-bond acceptors (Lipinski definition) is 4. The van der Waals surface area contributed by atoms with E-state index in [1.54, 1.807) is 6.20 Å². The molecule has 3 aromatic heterocycles. The van der Waals surface area contributed by atoms with Crippen molar-refractivity contribution in [2.75, 3.05) is 6.61 Å². The van der Waals surface area contributed by atoms with E-state index >= 15 is 0 Å². The Morgan fingerprint density at radius 2 is 1.96 bits per heavy atom. The van der Waals surface area contributed by atoms with Crippen LogP contribution < -0.4 is 0 Å². The van der Waals surface area contributed by atoms with E-state index < -0.39 is 0 Å². The zero-order valence-electron chi connectivity index (χ0n) is 15.2. The van der Waals surface area contributed by atoms with E-state index in [4.69, 9.17) is 21.4 Å². The van der Waals surface area contributed by atoms with Crippen LogP contribution in [0.25, 0.3) is 16.9 Å². The second kappa shape index (κ2) is 6.82. The summed E-state index contributed by atoms with van der Waals surface area (Å²) >= 11 is 6.12. The highest BCUT2D eigenvalue weighted by molar-refractivity contribution is 6.29. The number of hydrogen-bond donors (Lipinski definition) is 0. The van der Waals surface area contributed by atoms with Crippen LogP contribution in [0.2, 0.25) is 5.15 Å². The molecule has 0 unspecified atom stereocenters. The molecule has 3 aromatic rings. The molecule has 0 bridgehead atoms. The molecule has 5 nitrogen and oxygen atoms in total. The van der Waals surface area contributed by atoms with Gasteiger partial charge in [-0.05, 0) is 45.4 Å². The summed E-state index contributed by atoms with van der Waals surface area (Å²) in [6.07, 6.45) is 3.51. The van der Waals surface area contributed by atoms with E-state index in [1.807, 2.05) is 30.7 Å². The van der Waals surface area contributed by atoms with Crippen molar-refractivity contribution in [2.45, 2.75) is 39.7 Å². The van der Waals surface area contributed by atoms with Crippen LogP contribution >= 0.6 is 11.6 Å². The first-order valence-electron chi connectivity index (χ1n) is 8.81. The molecule has 26 heavy (non-hydrogen) atoms. The maximum Gasteiger partial charge on any atom is 0.131 e. The van der Waals surface area contributed by atoms with Gasteiger partial charge in [-0.2, -0.15) is 5.10 Å². The van der Waals surface area contributed by atoms with Crippen molar-refractivity contribution < 1.29 is 4.74 Å². The third kappa shape index (κ3) is 3.24. The van der Waals surface area contributed by atoms with Gasteiger partial charge in [0.2, 0.25) is 0 Å². The highest BCUT2D eigenvalue weighted by atomic mass is 35.5. The minimum absolute atomic E-state index is 0.151. The minimum atomic E-state index is 0.151. The molecular formula is C20H21ClN4O. The molecule has 0 N–H and O–H groups in total. The topological polar surface area (TPSA) is 52.8 Å². The van der Waals surface area contributed by atoms with Gasteiger partial charge in [-0.25, -0.2) is 9.67 Å². The molecule has 1 atom stereocenters. The van der Waals surface area contributed by atoms with Gasteiger partial charge in [0.1, 0.15) is 5.15 Å². The van der Waals surface area contributed by atoms with Gasteiger partial charge in [0.15, 0.2) is 0 Å². The summed E-state index contributed by atoms with van der Waals surface area (Å²) in [7, 11) is 0. The van der Waals surface area contributed by atoms with Crippen LogP contribution in [0.5, 0.6) is 0 Å². The van der Waals surface area contributed by atoms with Crippen LogP contribution in [-0.2, 0) is 17.6 Å². The first kappa shape index (κ1) is 17.2. The number of ether oxygens (including phenoxy) is 1. The second-order valence-corrected chi connectivity index (χ2v) is 7.18. The number of aromatic nitrogens is 4. The van der Waals surface area contributed by atoms with Crippen LogP contribution in [-0.4, -0.2) is 32.5 Å². The lowest BCUT2D eigenvalue weighted by molar-refractivity contribution is 0.0735. The van der Waals surface area contributed by atoms with E-state index in [0.29, 0.717) is 11.8 Å². The molecule has 4 rings (SSSR count). The first-order chi connectivity index (χ1) is 12.5. The number of aryl methyl sites for hydroxylation is 2. The molecule has 4 heterocycles. The van der Waals surface area contributed by atoms with Crippen LogP contribution in [0, 0.1) is 13.8 Å². The zero-order valence-corrected chi connectivity index (χ0v) is 15.9. The van der Waals surface area contributed by atoms with Gasteiger partial charge < -0.3 is 4.74 Å². The monoisotopic (exact) mass is 368 g/mol. The quantitative estimate of drug-likeness (QED) is 0.639. The molecule has 1 aliphatic rings. The summed E-state index contributed by atoms with van der Waals surface area (Å²) in [4.78, 5) is 8.58. The molecule has 6 heteroatoms. The highest BCUT2D eigenvalue weighted by Gasteiger charge is 2.25. The lowest BCUT2D eigenvalue weighted by Crippen LogP contribution is -2.13. The molecule has 0 amide bonds. The van der Waals surface area contributed by atoms with Gasteiger partial charge in [0.05, 0.1) is 29.8 Å². The molecule has 1 aliphatic heterocycles. The minimum Gasteiger partial charge on any atom is -0.378 e. The van der Waals surface area contributed by atoms with E-state index in [1.165, 1.54) is 11.3 Å².